The Hall–Kier alpha value is -4.88. The molecule has 2 N–H and O–H groups in total. The van der Waals surface area contributed by atoms with Gasteiger partial charge in [-0.2, -0.15) is 0 Å². The van der Waals surface area contributed by atoms with Crippen molar-refractivity contribution >= 4 is 40.4 Å². The zero-order valence-corrected chi connectivity index (χ0v) is 23.5. The number of halogens is 1. The number of rotatable bonds is 11. The molecule has 2 amide bonds. The minimum Gasteiger partial charge on any atom is -0.481 e. The van der Waals surface area contributed by atoms with Crippen LogP contribution in [0.15, 0.2) is 114 Å². The van der Waals surface area contributed by atoms with E-state index in [-0.39, 0.29) is 43.0 Å². The lowest BCUT2D eigenvalue weighted by Gasteiger charge is -2.28. The van der Waals surface area contributed by atoms with E-state index >= 15 is 0 Å². The highest BCUT2D eigenvalue weighted by molar-refractivity contribution is 6.31. The lowest BCUT2D eigenvalue weighted by atomic mass is 9.90. The van der Waals surface area contributed by atoms with E-state index in [1.54, 1.807) is 53.4 Å². The highest BCUT2D eigenvalue weighted by Gasteiger charge is 2.25. The fourth-order valence-electron chi connectivity index (χ4n) is 4.86. The van der Waals surface area contributed by atoms with Gasteiger partial charge in [0.15, 0.2) is 5.76 Å². The van der Waals surface area contributed by atoms with E-state index in [0.29, 0.717) is 22.7 Å². The van der Waals surface area contributed by atoms with Crippen molar-refractivity contribution < 1.29 is 23.9 Å². The Morgan fingerprint density at radius 3 is 2.10 bits per heavy atom. The Labute approximate surface area is 248 Å². The molecule has 0 aliphatic heterocycles. The van der Waals surface area contributed by atoms with Gasteiger partial charge in [0.2, 0.25) is 0 Å². The van der Waals surface area contributed by atoms with Crippen LogP contribution >= 0.6 is 11.6 Å². The van der Waals surface area contributed by atoms with Gasteiger partial charge in [0.05, 0.1) is 6.42 Å². The van der Waals surface area contributed by atoms with E-state index in [2.05, 4.69) is 29.6 Å². The van der Waals surface area contributed by atoms with Gasteiger partial charge in [-0.05, 0) is 53.1 Å². The number of benzene rings is 4. The number of amides is 2. The zero-order chi connectivity index (χ0) is 29.5. The second kappa shape index (κ2) is 13.2. The molecule has 0 unspecified atom stereocenters. The summed E-state index contributed by atoms with van der Waals surface area (Å²) in [6.07, 6.45) is -0.154. The first-order valence-electron chi connectivity index (χ1n) is 13.5. The number of carboxylic acids is 1. The normalized spacial score (nSPS) is 11.0. The number of hydrogen-bond donors (Lipinski definition) is 2. The van der Waals surface area contributed by atoms with Gasteiger partial charge in [-0.25, -0.2) is 0 Å². The summed E-state index contributed by atoms with van der Waals surface area (Å²) in [5, 5.41) is 12.7. The average molecular weight is 581 g/mol. The van der Waals surface area contributed by atoms with Crippen LogP contribution in [0.5, 0.6) is 0 Å². The van der Waals surface area contributed by atoms with E-state index in [4.69, 9.17) is 21.1 Å². The summed E-state index contributed by atoms with van der Waals surface area (Å²) in [5.74, 6) is -1.50. The number of nitrogens with one attached hydrogen (secondary N) is 1. The maximum Gasteiger partial charge on any atom is 0.305 e. The summed E-state index contributed by atoms with van der Waals surface area (Å²) in [6, 6.07) is 34.0. The van der Waals surface area contributed by atoms with Crippen LogP contribution in [0.4, 0.5) is 0 Å². The number of nitrogens with zero attached hydrogens (tertiary/aromatic N) is 1. The molecule has 5 rings (SSSR count). The quantitative estimate of drug-likeness (QED) is 0.180. The molecule has 0 saturated heterocycles. The summed E-state index contributed by atoms with van der Waals surface area (Å²) in [6.45, 7) is 0.692. The fraction of sp³-hybridized carbons (Fsp3) is 0.147. The van der Waals surface area contributed by atoms with Crippen molar-refractivity contribution in [3.05, 3.63) is 142 Å². The van der Waals surface area contributed by atoms with Gasteiger partial charge in [0.25, 0.3) is 11.8 Å². The first kappa shape index (κ1) is 28.6. The molecule has 0 aliphatic carbocycles. The standard InChI is InChI=1S/C34H29ClN2O5/c35-28-15-16-30-27(19-28)20-31(42-30)34(41)37(21-23-11-13-26(14-12-23)33(40)36-18-17-32(38)39)22-29(24-7-3-1-4-8-24)25-9-5-2-6-10-25/h1-16,19-20,29H,17-18,21-22H2,(H,36,40)(H,38,39). The molecule has 5 aromatic rings. The summed E-state index contributed by atoms with van der Waals surface area (Å²) < 4.78 is 5.96. The second-order valence-electron chi connectivity index (χ2n) is 9.95. The molecular formula is C34H29ClN2O5. The molecule has 0 aliphatic rings. The Bertz CT molecular complexity index is 1640. The van der Waals surface area contributed by atoms with Crippen molar-refractivity contribution in [2.75, 3.05) is 13.1 Å². The number of carboxylic acid groups (broad SMARTS) is 1. The van der Waals surface area contributed by atoms with E-state index in [1.165, 1.54) is 0 Å². The molecule has 0 fully saturated rings. The van der Waals surface area contributed by atoms with E-state index in [9.17, 15) is 14.4 Å². The minimum atomic E-state index is -0.979. The third kappa shape index (κ3) is 7.06. The smallest absolute Gasteiger partial charge is 0.305 e. The second-order valence-corrected chi connectivity index (χ2v) is 10.4. The summed E-state index contributed by atoms with van der Waals surface area (Å²) in [5.41, 5.74) is 3.95. The molecule has 0 radical (unpaired) electrons. The van der Waals surface area contributed by atoms with Gasteiger partial charge < -0.3 is 19.7 Å². The molecule has 0 spiro atoms. The predicted molar refractivity (Wildman–Crippen MR) is 162 cm³/mol. The highest BCUT2D eigenvalue weighted by atomic mass is 35.5. The van der Waals surface area contributed by atoms with Crippen LogP contribution in [-0.2, 0) is 11.3 Å². The molecule has 0 saturated carbocycles. The Morgan fingerprint density at radius 2 is 1.48 bits per heavy atom. The van der Waals surface area contributed by atoms with E-state index in [1.807, 2.05) is 36.4 Å². The number of carbonyl (C=O) groups excluding carboxylic acids is 2. The van der Waals surface area contributed by atoms with Gasteiger partial charge in [-0.1, -0.05) is 84.4 Å². The van der Waals surface area contributed by atoms with Crippen molar-refractivity contribution in [2.45, 2.75) is 18.9 Å². The molecular weight excluding hydrogens is 552 g/mol. The topological polar surface area (TPSA) is 99.9 Å². The first-order valence-corrected chi connectivity index (χ1v) is 13.9. The van der Waals surface area contributed by atoms with Crippen LogP contribution < -0.4 is 5.32 Å². The maximum atomic E-state index is 14.0. The van der Waals surface area contributed by atoms with Gasteiger partial charge in [-0.15, -0.1) is 0 Å². The number of aliphatic carboxylic acids is 1. The van der Waals surface area contributed by atoms with Crippen LogP contribution in [0.1, 0.15) is 49.9 Å². The van der Waals surface area contributed by atoms with Crippen molar-refractivity contribution in [3.63, 3.8) is 0 Å². The lowest BCUT2D eigenvalue weighted by molar-refractivity contribution is -0.136. The Kier molecular flexibility index (Phi) is 8.99. The van der Waals surface area contributed by atoms with E-state index in [0.717, 1.165) is 22.1 Å². The van der Waals surface area contributed by atoms with Gasteiger partial charge in [-0.3, -0.25) is 14.4 Å². The molecule has 42 heavy (non-hydrogen) atoms. The molecule has 1 heterocycles. The molecule has 0 atom stereocenters. The van der Waals surface area contributed by atoms with E-state index < -0.39 is 5.97 Å². The molecule has 7 nitrogen and oxygen atoms in total. The zero-order valence-electron chi connectivity index (χ0n) is 22.7. The molecule has 8 heteroatoms. The predicted octanol–water partition coefficient (Wildman–Crippen LogP) is 6.77. The molecule has 0 bridgehead atoms. The van der Waals surface area contributed by atoms with Gasteiger partial charge >= 0.3 is 5.97 Å². The van der Waals surface area contributed by atoms with Crippen LogP contribution in [-0.4, -0.2) is 40.9 Å². The van der Waals surface area contributed by atoms with Crippen molar-refractivity contribution in [1.29, 1.82) is 0 Å². The van der Waals surface area contributed by atoms with Gasteiger partial charge in [0, 0.05) is 41.5 Å². The Balaban J connectivity index is 1.45. The van der Waals surface area contributed by atoms with Crippen molar-refractivity contribution in [1.82, 2.24) is 10.2 Å². The number of fused-ring (bicyclic) bond motifs is 1. The van der Waals surface area contributed by atoms with Crippen molar-refractivity contribution in [2.24, 2.45) is 0 Å². The monoisotopic (exact) mass is 580 g/mol. The van der Waals surface area contributed by atoms with Crippen LogP contribution in [0.2, 0.25) is 5.02 Å². The summed E-state index contributed by atoms with van der Waals surface area (Å²) in [4.78, 5) is 39.0. The average Bonchev–Trinajstić information content (AvgIpc) is 3.43. The van der Waals surface area contributed by atoms with Crippen LogP contribution in [0, 0.1) is 0 Å². The Morgan fingerprint density at radius 1 is 0.833 bits per heavy atom. The lowest BCUT2D eigenvalue weighted by Crippen LogP contribution is -2.34. The van der Waals surface area contributed by atoms with Crippen LogP contribution in [0.25, 0.3) is 11.0 Å². The van der Waals surface area contributed by atoms with Crippen LogP contribution in [0.3, 0.4) is 0 Å². The summed E-state index contributed by atoms with van der Waals surface area (Å²) >= 11 is 6.17. The third-order valence-electron chi connectivity index (χ3n) is 7.00. The number of carbonyl (C=O) groups is 3. The first-order chi connectivity index (χ1) is 20.4. The summed E-state index contributed by atoms with van der Waals surface area (Å²) in [7, 11) is 0. The molecule has 212 valence electrons. The molecule has 1 aromatic heterocycles. The maximum absolute atomic E-state index is 14.0. The van der Waals surface area contributed by atoms with Crippen molar-refractivity contribution in [3.8, 4) is 0 Å². The third-order valence-corrected chi connectivity index (χ3v) is 7.23. The number of hydrogen-bond acceptors (Lipinski definition) is 4. The minimum absolute atomic E-state index is 0.0429. The highest BCUT2D eigenvalue weighted by Crippen LogP contribution is 2.29. The SMILES string of the molecule is O=C(O)CCNC(=O)c1ccc(CN(CC(c2ccccc2)c2ccccc2)C(=O)c2cc3cc(Cl)ccc3o2)cc1. The number of furan rings is 1. The molecule has 4 aromatic carbocycles. The van der Waals surface area contributed by atoms with Gasteiger partial charge in [0.1, 0.15) is 5.58 Å². The largest absolute Gasteiger partial charge is 0.481 e. The fourth-order valence-corrected chi connectivity index (χ4v) is 5.04.